The number of hydrogen-bond donors (Lipinski definition) is 1. The van der Waals surface area contributed by atoms with Crippen LogP contribution in [0, 0.1) is 13.8 Å². The summed E-state index contributed by atoms with van der Waals surface area (Å²) >= 11 is 6.14. The molecule has 0 unspecified atom stereocenters. The lowest BCUT2D eigenvalue weighted by Gasteiger charge is -2.32. The highest BCUT2D eigenvalue weighted by Crippen LogP contribution is 2.28. The van der Waals surface area contributed by atoms with Gasteiger partial charge in [0, 0.05) is 5.54 Å². The van der Waals surface area contributed by atoms with Crippen LogP contribution in [0.3, 0.4) is 0 Å². The molecule has 1 N–H and O–H groups in total. The van der Waals surface area contributed by atoms with Gasteiger partial charge in [0.2, 0.25) is 0 Å². The first-order valence-electron chi connectivity index (χ1n) is 6.27. The zero-order chi connectivity index (χ0) is 13.1. The zero-order valence-electron chi connectivity index (χ0n) is 11.4. The van der Waals surface area contributed by atoms with Crippen molar-refractivity contribution in [2.45, 2.75) is 59.4 Å². The molecule has 0 fully saturated rings. The van der Waals surface area contributed by atoms with Crippen LogP contribution in [-0.4, -0.2) is 15.5 Å². The molecule has 0 aliphatic rings. The summed E-state index contributed by atoms with van der Waals surface area (Å²) in [6.45, 7) is 10.4. The maximum absolute atomic E-state index is 6.14. The Hall–Kier alpha value is -0.830. The molecule has 0 aliphatic heterocycles. The van der Waals surface area contributed by atoms with Crippen molar-refractivity contribution in [2.75, 3.05) is 5.32 Å². The van der Waals surface area contributed by atoms with Crippen LogP contribution in [0.25, 0.3) is 0 Å². The molecule has 0 amide bonds. The van der Waals surface area contributed by atoms with Crippen molar-refractivity contribution < 1.29 is 0 Å². The minimum Gasteiger partial charge on any atom is -0.362 e. The summed E-state index contributed by atoms with van der Waals surface area (Å²) in [5.41, 5.74) is 1.88. The van der Waals surface area contributed by atoms with Crippen LogP contribution in [0.5, 0.6) is 0 Å². The molecular weight excluding hydrogens is 234 g/mol. The van der Waals surface area contributed by atoms with Gasteiger partial charge in [0.05, 0.1) is 11.4 Å². The van der Waals surface area contributed by atoms with E-state index in [1.54, 1.807) is 0 Å². The number of aromatic nitrogens is 2. The summed E-state index contributed by atoms with van der Waals surface area (Å²) in [6, 6.07) is 0. The fourth-order valence-corrected chi connectivity index (χ4v) is 2.14. The largest absolute Gasteiger partial charge is 0.362 e. The highest BCUT2D eigenvalue weighted by atomic mass is 35.5. The van der Waals surface area contributed by atoms with E-state index in [1.807, 2.05) is 13.8 Å². The number of rotatable bonds is 5. The Morgan fingerprint density at radius 3 is 1.94 bits per heavy atom. The average Bonchev–Trinajstić information content (AvgIpc) is 2.33. The molecule has 0 aromatic carbocycles. The second-order valence-corrected chi connectivity index (χ2v) is 4.86. The van der Waals surface area contributed by atoms with Gasteiger partial charge < -0.3 is 5.32 Å². The summed E-state index contributed by atoms with van der Waals surface area (Å²) in [4.78, 5) is 8.80. The van der Waals surface area contributed by atoms with E-state index in [0.717, 1.165) is 30.7 Å². The highest BCUT2D eigenvalue weighted by molar-refractivity contribution is 6.31. The van der Waals surface area contributed by atoms with Crippen molar-refractivity contribution in [3.8, 4) is 0 Å². The summed E-state index contributed by atoms with van der Waals surface area (Å²) in [6.07, 6.45) is 3.14. The minimum atomic E-state index is 0.0695. The Kier molecular flexibility index (Phi) is 4.75. The molecule has 4 heteroatoms. The number of nitrogens with one attached hydrogen (secondary N) is 1. The minimum absolute atomic E-state index is 0.0695. The lowest BCUT2D eigenvalue weighted by atomic mass is 9.90. The molecule has 0 aliphatic carbocycles. The van der Waals surface area contributed by atoms with E-state index in [9.17, 15) is 0 Å². The fraction of sp³-hybridized carbons (Fsp3) is 0.692. The zero-order valence-corrected chi connectivity index (χ0v) is 12.1. The predicted molar refractivity (Wildman–Crippen MR) is 73.7 cm³/mol. The normalized spacial score (nSPS) is 11.6. The van der Waals surface area contributed by atoms with E-state index in [4.69, 9.17) is 11.6 Å². The van der Waals surface area contributed by atoms with Crippen molar-refractivity contribution in [1.29, 1.82) is 0 Å². The van der Waals surface area contributed by atoms with Crippen LogP contribution in [0.1, 0.15) is 51.4 Å². The number of nitrogens with zero attached hydrogens (tertiary/aromatic N) is 2. The first-order valence-corrected chi connectivity index (χ1v) is 6.64. The molecule has 0 spiro atoms. The Labute approximate surface area is 109 Å². The fourth-order valence-electron chi connectivity index (χ4n) is 1.92. The molecule has 0 radical (unpaired) electrons. The lowest BCUT2D eigenvalue weighted by Crippen LogP contribution is -2.36. The van der Waals surface area contributed by atoms with Crippen molar-refractivity contribution in [3.63, 3.8) is 0 Å². The highest BCUT2D eigenvalue weighted by Gasteiger charge is 2.25. The van der Waals surface area contributed by atoms with Gasteiger partial charge in [-0.3, -0.25) is 0 Å². The van der Waals surface area contributed by atoms with Crippen molar-refractivity contribution >= 4 is 17.4 Å². The summed E-state index contributed by atoms with van der Waals surface area (Å²) in [7, 11) is 0. The van der Waals surface area contributed by atoms with Gasteiger partial charge in [0.15, 0.2) is 11.0 Å². The van der Waals surface area contributed by atoms with E-state index >= 15 is 0 Å². The van der Waals surface area contributed by atoms with Crippen LogP contribution in [-0.2, 0) is 0 Å². The van der Waals surface area contributed by atoms with E-state index in [2.05, 4.69) is 36.1 Å². The molecule has 0 atom stereocenters. The number of anilines is 1. The summed E-state index contributed by atoms with van der Waals surface area (Å²) in [5.74, 6) is 0.709. The predicted octanol–water partition coefficient (Wildman–Crippen LogP) is 4.13. The quantitative estimate of drug-likeness (QED) is 0.860. The van der Waals surface area contributed by atoms with Crippen molar-refractivity contribution in [3.05, 3.63) is 16.5 Å². The Bertz CT molecular complexity index is 378. The Morgan fingerprint density at radius 2 is 1.47 bits per heavy atom. The number of halogens is 1. The first-order chi connectivity index (χ1) is 7.98. The Balaban J connectivity index is 3.05. The van der Waals surface area contributed by atoms with E-state index in [-0.39, 0.29) is 5.54 Å². The molecule has 1 aromatic heterocycles. The maximum atomic E-state index is 6.14. The second-order valence-electron chi connectivity index (χ2n) is 4.50. The number of aryl methyl sites for hydroxylation is 2. The molecule has 17 heavy (non-hydrogen) atoms. The van der Waals surface area contributed by atoms with Gasteiger partial charge in [-0.15, -0.1) is 0 Å². The number of hydrogen-bond acceptors (Lipinski definition) is 3. The molecule has 0 saturated heterocycles. The second kappa shape index (κ2) is 5.67. The lowest BCUT2D eigenvalue weighted by molar-refractivity contribution is 0.418. The molecule has 0 saturated carbocycles. The van der Waals surface area contributed by atoms with Gasteiger partial charge in [0.25, 0.3) is 0 Å². The maximum Gasteiger partial charge on any atom is 0.171 e. The van der Waals surface area contributed by atoms with E-state index in [0.29, 0.717) is 11.0 Å². The molecule has 1 aromatic rings. The molecule has 1 heterocycles. The van der Waals surface area contributed by atoms with Gasteiger partial charge in [-0.25, -0.2) is 9.97 Å². The van der Waals surface area contributed by atoms with Crippen molar-refractivity contribution in [1.82, 2.24) is 9.97 Å². The molecule has 1 rings (SSSR count). The molecule has 3 nitrogen and oxygen atoms in total. The SMILES string of the molecule is CCC(CC)(CC)Nc1nc(C)c(C)nc1Cl. The van der Waals surface area contributed by atoms with E-state index in [1.165, 1.54) is 0 Å². The molecule has 0 bridgehead atoms. The van der Waals surface area contributed by atoms with Crippen molar-refractivity contribution in [2.24, 2.45) is 0 Å². The van der Waals surface area contributed by atoms with Crippen LogP contribution in [0.4, 0.5) is 5.82 Å². The van der Waals surface area contributed by atoms with Gasteiger partial charge in [-0.2, -0.15) is 0 Å². The monoisotopic (exact) mass is 255 g/mol. The summed E-state index contributed by atoms with van der Waals surface area (Å²) in [5, 5.41) is 3.94. The van der Waals surface area contributed by atoms with Crippen LogP contribution in [0.15, 0.2) is 0 Å². The van der Waals surface area contributed by atoms with Gasteiger partial charge in [-0.05, 0) is 33.1 Å². The Morgan fingerprint density at radius 1 is 1.00 bits per heavy atom. The van der Waals surface area contributed by atoms with Crippen LogP contribution < -0.4 is 5.32 Å². The van der Waals surface area contributed by atoms with E-state index < -0.39 is 0 Å². The summed E-state index contributed by atoms with van der Waals surface area (Å²) < 4.78 is 0. The van der Waals surface area contributed by atoms with Gasteiger partial charge in [0.1, 0.15) is 0 Å². The van der Waals surface area contributed by atoms with Gasteiger partial charge >= 0.3 is 0 Å². The third-order valence-electron chi connectivity index (χ3n) is 3.68. The third-order valence-corrected chi connectivity index (χ3v) is 3.94. The smallest absolute Gasteiger partial charge is 0.171 e. The molecule has 96 valence electrons. The molecular formula is C13H22ClN3. The van der Waals surface area contributed by atoms with Crippen LogP contribution >= 0.6 is 11.6 Å². The topological polar surface area (TPSA) is 37.8 Å². The first kappa shape index (κ1) is 14.2. The van der Waals surface area contributed by atoms with Gasteiger partial charge in [-0.1, -0.05) is 32.4 Å². The average molecular weight is 256 g/mol. The van der Waals surface area contributed by atoms with Crippen LogP contribution in [0.2, 0.25) is 5.15 Å². The third kappa shape index (κ3) is 3.09. The standard InChI is InChI=1S/C13H22ClN3/c1-6-13(7-2,8-3)17-12-11(14)15-9(4)10(5)16-12/h6-8H2,1-5H3,(H,16,17).